The molecule has 3 unspecified atom stereocenters. The van der Waals surface area contributed by atoms with Crippen molar-refractivity contribution in [2.24, 2.45) is 11.8 Å². The minimum Gasteiger partial charge on any atom is -0.497 e. The van der Waals surface area contributed by atoms with Crippen molar-refractivity contribution in [2.45, 2.75) is 45.6 Å². The Labute approximate surface area is 155 Å². The lowest BCUT2D eigenvalue weighted by Gasteiger charge is -2.20. The third kappa shape index (κ3) is 5.93. The summed E-state index contributed by atoms with van der Waals surface area (Å²) in [6.07, 6.45) is 1.19. The molecule has 3 atom stereocenters. The summed E-state index contributed by atoms with van der Waals surface area (Å²) >= 11 is 0. The van der Waals surface area contributed by atoms with Gasteiger partial charge in [-0.1, -0.05) is 26.0 Å². The van der Waals surface area contributed by atoms with Crippen LogP contribution in [0.3, 0.4) is 0 Å². The van der Waals surface area contributed by atoms with Gasteiger partial charge >= 0.3 is 6.09 Å². The number of nitrogens with one attached hydrogen (secondary N) is 2. The molecule has 0 bridgehead atoms. The van der Waals surface area contributed by atoms with Crippen LogP contribution in [0.1, 0.15) is 45.1 Å². The number of carbonyl (C=O) groups excluding carboxylic acids is 2. The highest BCUT2D eigenvalue weighted by atomic mass is 16.5. The summed E-state index contributed by atoms with van der Waals surface area (Å²) < 4.78 is 10.2. The maximum Gasteiger partial charge on any atom is 0.407 e. The fraction of sp³-hybridized carbons (Fsp3) is 0.600. The van der Waals surface area contributed by atoms with E-state index in [2.05, 4.69) is 24.5 Å². The molecule has 1 aromatic carbocycles. The molecule has 0 heterocycles. The second-order valence-electron chi connectivity index (χ2n) is 7.16. The zero-order valence-corrected chi connectivity index (χ0v) is 16.1. The van der Waals surface area contributed by atoms with E-state index in [0.717, 1.165) is 24.2 Å². The van der Waals surface area contributed by atoms with Crippen LogP contribution in [-0.4, -0.2) is 38.3 Å². The first-order valence-corrected chi connectivity index (χ1v) is 9.29. The smallest absolute Gasteiger partial charge is 0.407 e. The molecule has 6 heteroatoms. The van der Waals surface area contributed by atoms with Gasteiger partial charge in [-0.2, -0.15) is 0 Å². The van der Waals surface area contributed by atoms with Crippen LogP contribution in [0.2, 0.25) is 0 Å². The van der Waals surface area contributed by atoms with Crippen LogP contribution >= 0.6 is 0 Å². The molecule has 2 N–H and O–H groups in total. The zero-order chi connectivity index (χ0) is 19.1. The van der Waals surface area contributed by atoms with Crippen molar-refractivity contribution in [1.82, 2.24) is 10.6 Å². The predicted octanol–water partition coefficient (Wildman–Crippen LogP) is 3.08. The van der Waals surface area contributed by atoms with E-state index in [1.165, 1.54) is 0 Å². The second kappa shape index (κ2) is 9.46. The molecular weight excluding hydrogens is 332 g/mol. The summed E-state index contributed by atoms with van der Waals surface area (Å²) in [6, 6.07) is 7.74. The van der Waals surface area contributed by atoms with Crippen LogP contribution in [0, 0.1) is 11.8 Å². The van der Waals surface area contributed by atoms with Crippen molar-refractivity contribution in [3.05, 3.63) is 29.8 Å². The minimum absolute atomic E-state index is 0.00982. The molecule has 0 radical (unpaired) electrons. The van der Waals surface area contributed by atoms with Crippen LogP contribution in [0.15, 0.2) is 24.3 Å². The third-order valence-electron chi connectivity index (χ3n) is 4.53. The molecule has 1 aromatic rings. The lowest BCUT2D eigenvalue weighted by atomic mass is 10.0. The first-order valence-electron chi connectivity index (χ1n) is 9.29. The molecule has 2 amide bonds. The molecule has 2 rings (SSSR count). The summed E-state index contributed by atoms with van der Waals surface area (Å²) in [5.74, 6) is 1.49. The number of ether oxygens (including phenoxy) is 2. The normalized spacial score (nSPS) is 19.6. The number of amides is 2. The van der Waals surface area contributed by atoms with Gasteiger partial charge in [0.25, 0.3) is 0 Å². The van der Waals surface area contributed by atoms with E-state index in [9.17, 15) is 9.59 Å². The van der Waals surface area contributed by atoms with Crippen LogP contribution in [0.4, 0.5) is 4.79 Å². The van der Waals surface area contributed by atoms with E-state index in [0.29, 0.717) is 19.1 Å². The Kier molecular flexibility index (Phi) is 7.30. The van der Waals surface area contributed by atoms with Crippen molar-refractivity contribution < 1.29 is 19.1 Å². The van der Waals surface area contributed by atoms with Gasteiger partial charge in [-0.25, -0.2) is 4.79 Å². The highest BCUT2D eigenvalue weighted by Gasteiger charge is 2.44. The predicted molar refractivity (Wildman–Crippen MR) is 100 cm³/mol. The lowest BCUT2D eigenvalue weighted by Crippen LogP contribution is -2.45. The van der Waals surface area contributed by atoms with Gasteiger partial charge in [0.2, 0.25) is 5.91 Å². The van der Waals surface area contributed by atoms with E-state index in [-0.39, 0.29) is 23.8 Å². The van der Waals surface area contributed by atoms with Gasteiger partial charge in [0.15, 0.2) is 0 Å². The Morgan fingerprint density at radius 3 is 2.73 bits per heavy atom. The first-order chi connectivity index (χ1) is 12.4. The van der Waals surface area contributed by atoms with Gasteiger partial charge in [0, 0.05) is 18.5 Å². The lowest BCUT2D eigenvalue weighted by molar-refractivity contribution is -0.122. The molecule has 0 saturated heterocycles. The van der Waals surface area contributed by atoms with Gasteiger partial charge in [-0.05, 0) is 49.3 Å². The van der Waals surface area contributed by atoms with E-state index in [1.807, 2.05) is 24.3 Å². The van der Waals surface area contributed by atoms with Crippen molar-refractivity contribution >= 4 is 12.0 Å². The molecular formula is C20H30N2O4. The molecule has 1 aliphatic rings. The maximum atomic E-state index is 12.5. The zero-order valence-electron chi connectivity index (χ0n) is 16.1. The van der Waals surface area contributed by atoms with Gasteiger partial charge in [0.05, 0.1) is 13.7 Å². The topological polar surface area (TPSA) is 76.7 Å². The van der Waals surface area contributed by atoms with E-state index in [1.54, 1.807) is 14.0 Å². The Morgan fingerprint density at radius 1 is 1.31 bits per heavy atom. The quantitative estimate of drug-likeness (QED) is 0.708. The number of alkyl carbamates (subject to hydrolysis) is 1. The second-order valence-corrected chi connectivity index (χ2v) is 7.16. The summed E-state index contributed by atoms with van der Waals surface area (Å²) in [5.41, 5.74) is 1.13. The summed E-state index contributed by atoms with van der Waals surface area (Å²) in [4.78, 5) is 24.1. The Morgan fingerprint density at radius 2 is 2.08 bits per heavy atom. The van der Waals surface area contributed by atoms with Crippen LogP contribution < -0.4 is 15.4 Å². The molecule has 1 aliphatic carbocycles. The highest BCUT2D eigenvalue weighted by molar-refractivity contribution is 5.83. The average molecular weight is 362 g/mol. The summed E-state index contributed by atoms with van der Waals surface area (Å²) in [7, 11) is 1.64. The van der Waals surface area contributed by atoms with E-state index < -0.39 is 6.09 Å². The van der Waals surface area contributed by atoms with Crippen LogP contribution in [0.5, 0.6) is 5.75 Å². The van der Waals surface area contributed by atoms with Gasteiger partial charge in [-0.15, -0.1) is 0 Å². The third-order valence-corrected chi connectivity index (χ3v) is 4.53. The molecule has 26 heavy (non-hydrogen) atoms. The van der Waals surface area contributed by atoms with Gasteiger partial charge in [-0.3, -0.25) is 4.79 Å². The monoisotopic (exact) mass is 362 g/mol. The standard InChI is InChI=1S/C20H30N2O4/c1-5-26-20(24)22-15(9-13(2)3)12-21-19(23)18-11-17(18)14-7-6-8-16(10-14)25-4/h6-8,10,13,15,17-18H,5,9,11-12H2,1-4H3,(H,21,23)(H,22,24). The largest absolute Gasteiger partial charge is 0.497 e. The van der Waals surface area contributed by atoms with Crippen molar-refractivity contribution in [2.75, 3.05) is 20.3 Å². The first kappa shape index (κ1) is 20.1. The molecule has 0 aromatic heterocycles. The molecule has 0 aliphatic heterocycles. The number of rotatable bonds is 9. The van der Waals surface area contributed by atoms with E-state index in [4.69, 9.17) is 9.47 Å². The SMILES string of the molecule is CCOC(=O)NC(CNC(=O)C1CC1c1cccc(OC)c1)CC(C)C. The van der Waals surface area contributed by atoms with E-state index >= 15 is 0 Å². The molecule has 6 nitrogen and oxygen atoms in total. The summed E-state index contributed by atoms with van der Waals surface area (Å²) in [6.45, 7) is 6.68. The van der Waals surface area contributed by atoms with Crippen LogP contribution in [-0.2, 0) is 9.53 Å². The number of carbonyl (C=O) groups is 2. The number of hydrogen-bond donors (Lipinski definition) is 2. The fourth-order valence-corrected chi connectivity index (χ4v) is 3.18. The van der Waals surface area contributed by atoms with Gasteiger partial charge < -0.3 is 20.1 Å². The highest BCUT2D eigenvalue weighted by Crippen LogP contribution is 2.48. The van der Waals surface area contributed by atoms with Crippen LogP contribution in [0.25, 0.3) is 0 Å². The van der Waals surface area contributed by atoms with Gasteiger partial charge in [0.1, 0.15) is 5.75 Å². The Bertz CT molecular complexity index is 618. The fourth-order valence-electron chi connectivity index (χ4n) is 3.18. The number of methoxy groups -OCH3 is 1. The molecule has 1 fully saturated rings. The maximum absolute atomic E-state index is 12.5. The molecule has 1 saturated carbocycles. The Balaban J connectivity index is 1.85. The van der Waals surface area contributed by atoms with Crippen molar-refractivity contribution in [3.63, 3.8) is 0 Å². The summed E-state index contributed by atoms with van der Waals surface area (Å²) in [5, 5.41) is 5.81. The molecule has 0 spiro atoms. The number of benzene rings is 1. The minimum atomic E-state index is -0.437. The van der Waals surface area contributed by atoms with Crippen molar-refractivity contribution in [1.29, 1.82) is 0 Å². The Hall–Kier alpha value is -2.24. The number of hydrogen-bond acceptors (Lipinski definition) is 4. The average Bonchev–Trinajstić information content (AvgIpc) is 3.40. The van der Waals surface area contributed by atoms with Crippen molar-refractivity contribution in [3.8, 4) is 5.75 Å². The molecule has 144 valence electrons.